The van der Waals surface area contributed by atoms with Crippen LogP contribution in [0.4, 0.5) is 0 Å². The minimum atomic E-state index is -0.444. The zero-order chi connectivity index (χ0) is 14.9. The number of carbonyl (C=O) groups is 1. The number of amides is 1. The first-order chi connectivity index (χ1) is 9.38. The maximum Gasteiger partial charge on any atom is 0.256 e. The van der Waals surface area contributed by atoms with Gasteiger partial charge in [-0.15, -0.1) is 0 Å². The number of aliphatic hydroxyl groups excluding tert-OH is 1. The van der Waals surface area contributed by atoms with Gasteiger partial charge < -0.3 is 14.9 Å². The summed E-state index contributed by atoms with van der Waals surface area (Å²) in [5.41, 5.74) is 1.93. The summed E-state index contributed by atoms with van der Waals surface area (Å²) in [7, 11) is 3.94. The van der Waals surface area contributed by atoms with Crippen molar-refractivity contribution in [1.82, 2.24) is 20.0 Å². The molecule has 2 atom stereocenters. The molecule has 0 saturated carbocycles. The molecule has 20 heavy (non-hydrogen) atoms. The molecule has 6 nitrogen and oxygen atoms in total. The maximum absolute atomic E-state index is 12.7. The molecule has 0 spiro atoms. The van der Waals surface area contributed by atoms with E-state index in [-0.39, 0.29) is 11.9 Å². The highest BCUT2D eigenvalue weighted by molar-refractivity contribution is 5.95. The third-order valence-corrected chi connectivity index (χ3v) is 3.56. The van der Waals surface area contributed by atoms with Crippen molar-refractivity contribution in [3.8, 4) is 0 Å². The topological polar surface area (TPSA) is 69.6 Å². The molecule has 2 heterocycles. The number of hydrogen-bond acceptors (Lipinski definition) is 5. The minimum absolute atomic E-state index is 0.0420. The number of aryl methyl sites for hydroxylation is 2. The second kappa shape index (κ2) is 5.85. The quantitative estimate of drug-likeness (QED) is 0.857. The second-order valence-electron chi connectivity index (χ2n) is 5.75. The molecule has 1 N–H and O–H groups in total. The summed E-state index contributed by atoms with van der Waals surface area (Å²) in [5.74, 6) is -0.0658. The van der Waals surface area contributed by atoms with Crippen LogP contribution in [0.15, 0.2) is 6.07 Å². The van der Waals surface area contributed by atoms with Crippen LogP contribution in [0.25, 0.3) is 0 Å². The van der Waals surface area contributed by atoms with Crippen LogP contribution in [0, 0.1) is 13.8 Å². The molecule has 1 aliphatic rings. The van der Waals surface area contributed by atoms with E-state index in [9.17, 15) is 9.90 Å². The molecule has 1 amide bonds. The summed E-state index contributed by atoms with van der Waals surface area (Å²) in [6.07, 6.45) is 0.181. The Labute approximate surface area is 119 Å². The van der Waals surface area contributed by atoms with Gasteiger partial charge in [0, 0.05) is 19.1 Å². The standard InChI is InChI=1S/C14H22N4O2/c1-9-5-13(10(2)16-15-9)14(20)18-8-12(19)6-11(18)7-17(3)4/h5,11-12,19H,6-8H2,1-4H3. The third-order valence-electron chi connectivity index (χ3n) is 3.56. The summed E-state index contributed by atoms with van der Waals surface area (Å²) in [5, 5.41) is 17.8. The average molecular weight is 278 g/mol. The summed E-state index contributed by atoms with van der Waals surface area (Å²) in [6, 6.07) is 1.81. The van der Waals surface area contributed by atoms with Crippen molar-refractivity contribution in [2.24, 2.45) is 0 Å². The van der Waals surface area contributed by atoms with E-state index in [0.29, 0.717) is 24.2 Å². The number of nitrogens with zero attached hydrogens (tertiary/aromatic N) is 4. The highest BCUT2D eigenvalue weighted by atomic mass is 16.3. The molecule has 0 radical (unpaired) electrons. The molecule has 1 aromatic rings. The van der Waals surface area contributed by atoms with Crippen LogP contribution in [0.1, 0.15) is 28.2 Å². The van der Waals surface area contributed by atoms with Crippen molar-refractivity contribution in [2.75, 3.05) is 27.2 Å². The van der Waals surface area contributed by atoms with E-state index in [1.807, 2.05) is 25.9 Å². The Balaban J connectivity index is 2.24. The van der Waals surface area contributed by atoms with Crippen molar-refractivity contribution in [3.05, 3.63) is 23.0 Å². The van der Waals surface area contributed by atoms with Gasteiger partial charge in [-0.25, -0.2) is 0 Å². The average Bonchev–Trinajstić information content (AvgIpc) is 2.71. The van der Waals surface area contributed by atoms with Crippen LogP contribution in [0.5, 0.6) is 0 Å². The van der Waals surface area contributed by atoms with Gasteiger partial charge in [0.05, 0.1) is 23.1 Å². The summed E-state index contributed by atoms with van der Waals surface area (Å²) in [6.45, 7) is 4.74. The molecule has 0 bridgehead atoms. The maximum atomic E-state index is 12.7. The first-order valence-corrected chi connectivity index (χ1v) is 6.83. The van der Waals surface area contributed by atoms with Gasteiger partial charge in [-0.2, -0.15) is 10.2 Å². The lowest BCUT2D eigenvalue weighted by molar-refractivity contribution is 0.0697. The first-order valence-electron chi connectivity index (χ1n) is 6.83. The number of aliphatic hydroxyl groups is 1. The van der Waals surface area contributed by atoms with Gasteiger partial charge in [-0.1, -0.05) is 0 Å². The monoisotopic (exact) mass is 278 g/mol. The first kappa shape index (κ1) is 14.9. The lowest BCUT2D eigenvalue weighted by Gasteiger charge is -2.27. The third kappa shape index (κ3) is 3.13. The summed E-state index contributed by atoms with van der Waals surface area (Å²) in [4.78, 5) is 16.5. The molecule has 1 aliphatic heterocycles. The van der Waals surface area contributed by atoms with Crippen molar-refractivity contribution >= 4 is 5.91 Å². The predicted molar refractivity (Wildman–Crippen MR) is 75.5 cm³/mol. The molecule has 6 heteroatoms. The zero-order valence-corrected chi connectivity index (χ0v) is 12.5. The number of carbonyl (C=O) groups excluding carboxylic acids is 1. The Morgan fingerprint density at radius 2 is 2.15 bits per heavy atom. The van der Waals surface area contributed by atoms with Gasteiger partial charge in [-0.3, -0.25) is 4.79 Å². The highest BCUT2D eigenvalue weighted by Crippen LogP contribution is 2.22. The van der Waals surface area contributed by atoms with Crippen molar-refractivity contribution in [1.29, 1.82) is 0 Å². The predicted octanol–water partition coefficient (Wildman–Crippen LogP) is 0.230. The molecule has 1 fully saturated rings. The molecular formula is C14H22N4O2. The smallest absolute Gasteiger partial charge is 0.256 e. The molecule has 2 rings (SSSR count). The highest BCUT2D eigenvalue weighted by Gasteiger charge is 2.35. The van der Waals surface area contributed by atoms with Crippen LogP contribution in [-0.4, -0.2) is 70.3 Å². The number of rotatable bonds is 3. The number of hydrogen-bond donors (Lipinski definition) is 1. The lowest BCUT2D eigenvalue weighted by Crippen LogP contribution is -2.41. The van der Waals surface area contributed by atoms with E-state index in [0.717, 1.165) is 12.2 Å². The van der Waals surface area contributed by atoms with E-state index in [1.54, 1.807) is 17.9 Å². The Morgan fingerprint density at radius 3 is 2.80 bits per heavy atom. The Hall–Kier alpha value is -1.53. The molecule has 2 unspecified atom stereocenters. The fourth-order valence-corrected chi connectivity index (χ4v) is 2.66. The minimum Gasteiger partial charge on any atom is -0.391 e. The fraction of sp³-hybridized carbons (Fsp3) is 0.643. The lowest BCUT2D eigenvalue weighted by atomic mass is 10.1. The van der Waals surface area contributed by atoms with Crippen molar-refractivity contribution < 1.29 is 9.90 Å². The Bertz CT molecular complexity index is 504. The molecule has 110 valence electrons. The summed E-state index contributed by atoms with van der Waals surface area (Å²) >= 11 is 0. The Morgan fingerprint density at radius 1 is 1.45 bits per heavy atom. The fourth-order valence-electron chi connectivity index (χ4n) is 2.66. The number of likely N-dealkylation sites (tertiary alicyclic amines) is 1. The van der Waals surface area contributed by atoms with Crippen LogP contribution in [0.2, 0.25) is 0 Å². The number of aromatic nitrogens is 2. The van der Waals surface area contributed by atoms with Gasteiger partial charge in [0.1, 0.15) is 0 Å². The summed E-state index contributed by atoms with van der Waals surface area (Å²) < 4.78 is 0. The van der Waals surface area contributed by atoms with Crippen molar-refractivity contribution in [2.45, 2.75) is 32.4 Å². The van der Waals surface area contributed by atoms with Gasteiger partial charge in [0.25, 0.3) is 5.91 Å². The van der Waals surface area contributed by atoms with Crippen LogP contribution < -0.4 is 0 Å². The Kier molecular flexibility index (Phi) is 4.35. The van der Waals surface area contributed by atoms with Crippen LogP contribution in [-0.2, 0) is 0 Å². The largest absolute Gasteiger partial charge is 0.391 e. The van der Waals surface area contributed by atoms with E-state index < -0.39 is 6.10 Å². The molecule has 0 aromatic carbocycles. The molecular weight excluding hydrogens is 256 g/mol. The van der Waals surface area contributed by atoms with Crippen LogP contribution in [0.3, 0.4) is 0 Å². The molecule has 0 aliphatic carbocycles. The number of β-amino-alcohol motifs (C(OH)–C–C–N with tert-alkyl or cyclic N) is 1. The van der Waals surface area contributed by atoms with Gasteiger partial charge in [0.2, 0.25) is 0 Å². The number of likely N-dealkylation sites (N-methyl/N-ethyl adjacent to an activating group) is 1. The second-order valence-corrected chi connectivity index (χ2v) is 5.75. The van der Waals surface area contributed by atoms with E-state index in [1.165, 1.54) is 0 Å². The van der Waals surface area contributed by atoms with Gasteiger partial charge in [-0.05, 0) is 40.4 Å². The normalized spacial score (nSPS) is 22.6. The van der Waals surface area contributed by atoms with Crippen molar-refractivity contribution in [3.63, 3.8) is 0 Å². The van der Waals surface area contributed by atoms with E-state index >= 15 is 0 Å². The van der Waals surface area contributed by atoms with E-state index in [4.69, 9.17) is 0 Å². The molecule has 1 aromatic heterocycles. The van der Waals surface area contributed by atoms with Gasteiger partial charge >= 0.3 is 0 Å². The molecule has 1 saturated heterocycles. The van der Waals surface area contributed by atoms with Gasteiger partial charge in [0.15, 0.2) is 0 Å². The van der Waals surface area contributed by atoms with Crippen LogP contribution >= 0.6 is 0 Å². The SMILES string of the molecule is Cc1cc(C(=O)N2CC(O)CC2CN(C)C)c(C)nn1. The van der Waals surface area contributed by atoms with E-state index in [2.05, 4.69) is 10.2 Å². The zero-order valence-electron chi connectivity index (χ0n) is 12.5.